The maximum atomic E-state index is 10.6. The van der Waals surface area contributed by atoms with Gasteiger partial charge < -0.3 is 0 Å². The predicted molar refractivity (Wildman–Crippen MR) is 30.4 cm³/mol. The maximum Gasteiger partial charge on any atom is 0.273 e. The summed E-state index contributed by atoms with van der Waals surface area (Å²) < 4.78 is 0. The first-order valence-electron chi connectivity index (χ1n) is 2.41. The van der Waals surface area contributed by atoms with Crippen LogP contribution in [0, 0.1) is 0 Å². The van der Waals surface area contributed by atoms with Crippen molar-refractivity contribution in [3.05, 3.63) is 17.9 Å². The van der Waals surface area contributed by atoms with Gasteiger partial charge in [0, 0.05) is 7.05 Å². The second kappa shape index (κ2) is 1.57. The molecule has 9 heavy (non-hydrogen) atoms. The summed E-state index contributed by atoms with van der Waals surface area (Å²) in [6, 6.07) is 0. The van der Waals surface area contributed by atoms with Crippen molar-refractivity contribution in [2.75, 3.05) is 7.05 Å². The zero-order chi connectivity index (χ0) is 7.02. The van der Waals surface area contributed by atoms with Crippen molar-refractivity contribution in [3.63, 3.8) is 0 Å². The Balaban J connectivity index is 2.99. The van der Waals surface area contributed by atoms with Crippen LogP contribution >= 0.6 is 0 Å². The van der Waals surface area contributed by atoms with Crippen molar-refractivity contribution in [1.82, 2.24) is 4.90 Å². The van der Waals surface area contributed by atoms with Gasteiger partial charge in [0.05, 0.1) is 0 Å². The predicted octanol–water partition coefficient (Wildman–Crippen LogP) is -0.304. The Morgan fingerprint density at radius 1 is 1.44 bits per heavy atom. The van der Waals surface area contributed by atoms with Gasteiger partial charge in [-0.2, -0.15) is 0 Å². The molecule has 0 saturated carbocycles. The summed E-state index contributed by atoms with van der Waals surface area (Å²) in [6.45, 7) is 3.19. The third-order valence-corrected chi connectivity index (χ3v) is 1.21. The van der Waals surface area contributed by atoms with Gasteiger partial charge in [-0.3, -0.25) is 14.5 Å². The Hall–Kier alpha value is -1.34. The Kier molecular flexibility index (Phi) is 1.01. The summed E-state index contributed by atoms with van der Waals surface area (Å²) in [6.07, 6.45) is 0. The molecule has 1 fully saturated rings. The molecule has 0 bridgehead atoms. The molecule has 0 radical (unpaired) electrons. The number of β-lactam (4-membered cyclic amide) rings is 2. The minimum Gasteiger partial charge on any atom is -0.276 e. The highest BCUT2D eigenvalue weighted by Gasteiger charge is 2.37. The van der Waals surface area contributed by atoms with E-state index < -0.39 is 0 Å². The van der Waals surface area contributed by atoms with Gasteiger partial charge in [0.25, 0.3) is 11.8 Å². The monoisotopic (exact) mass is 123 g/mol. The lowest BCUT2D eigenvalue weighted by atomic mass is 10.1. The average molecular weight is 123 g/mol. The molecule has 3 nitrogen and oxygen atoms in total. The molecule has 1 heterocycles. The first-order chi connectivity index (χ1) is 4.18. The number of likely N-dealkylation sites (N-methyl/N-ethyl adjacent to an activating group) is 1. The fourth-order valence-corrected chi connectivity index (χ4v) is 0.617. The number of amides is 2. The van der Waals surface area contributed by atoms with Crippen LogP contribution in [0.4, 0.5) is 0 Å². The van der Waals surface area contributed by atoms with Gasteiger partial charge in [-0.05, 0) is 0 Å². The van der Waals surface area contributed by atoms with Crippen LogP contribution < -0.4 is 0 Å². The Morgan fingerprint density at radius 2 is 1.89 bits per heavy atom. The van der Waals surface area contributed by atoms with Crippen LogP contribution in [0.1, 0.15) is 0 Å². The highest BCUT2D eigenvalue weighted by atomic mass is 16.2. The van der Waals surface area contributed by atoms with Gasteiger partial charge in [-0.25, -0.2) is 0 Å². The van der Waals surface area contributed by atoms with Gasteiger partial charge >= 0.3 is 0 Å². The van der Waals surface area contributed by atoms with E-state index in [9.17, 15) is 9.59 Å². The number of rotatable bonds is 0. The van der Waals surface area contributed by atoms with Crippen molar-refractivity contribution in [1.29, 1.82) is 0 Å². The first kappa shape index (κ1) is 5.79. The van der Waals surface area contributed by atoms with E-state index in [0.717, 1.165) is 4.90 Å². The van der Waals surface area contributed by atoms with E-state index in [1.54, 1.807) is 0 Å². The van der Waals surface area contributed by atoms with Gasteiger partial charge in [-0.15, -0.1) is 5.73 Å². The lowest BCUT2D eigenvalue weighted by molar-refractivity contribution is -0.147. The lowest BCUT2D eigenvalue weighted by Gasteiger charge is -2.24. The fourth-order valence-electron chi connectivity index (χ4n) is 0.617. The molecule has 3 heteroatoms. The lowest BCUT2D eigenvalue weighted by Crippen LogP contribution is -2.48. The summed E-state index contributed by atoms with van der Waals surface area (Å²) in [5.41, 5.74) is 2.32. The molecule has 2 amide bonds. The molecule has 1 aliphatic rings. The van der Waals surface area contributed by atoms with Gasteiger partial charge in [0.2, 0.25) is 0 Å². The van der Waals surface area contributed by atoms with Crippen LogP contribution in [0.3, 0.4) is 0 Å². The molecule has 1 rings (SSSR count). The summed E-state index contributed by atoms with van der Waals surface area (Å²) >= 11 is 0. The van der Waals surface area contributed by atoms with Crippen molar-refractivity contribution in [3.8, 4) is 0 Å². The summed E-state index contributed by atoms with van der Waals surface area (Å²) in [5.74, 6) is -0.593. The number of hydrogen-bond acceptors (Lipinski definition) is 2. The number of carbonyl (C=O) groups is 2. The highest BCUT2D eigenvalue weighted by Crippen LogP contribution is 2.13. The quantitative estimate of drug-likeness (QED) is 0.192. The number of imide groups is 1. The van der Waals surface area contributed by atoms with Crippen molar-refractivity contribution in [2.45, 2.75) is 0 Å². The van der Waals surface area contributed by atoms with E-state index in [1.165, 1.54) is 7.05 Å². The van der Waals surface area contributed by atoms with E-state index in [2.05, 4.69) is 12.3 Å². The topological polar surface area (TPSA) is 37.4 Å². The second-order valence-corrected chi connectivity index (χ2v) is 1.72. The number of likely N-dealkylation sites (tertiary alicyclic amines) is 1. The number of hydrogen-bond donors (Lipinski definition) is 0. The van der Waals surface area contributed by atoms with E-state index in [0.29, 0.717) is 0 Å². The molecule has 0 aromatic heterocycles. The van der Waals surface area contributed by atoms with E-state index >= 15 is 0 Å². The number of nitrogens with zero attached hydrogens (tertiary/aromatic N) is 1. The van der Waals surface area contributed by atoms with Gasteiger partial charge in [0.15, 0.2) is 0 Å². The van der Waals surface area contributed by atoms with E-state index in [4.69, 9.17) is 0 Å². The smallest absolute Gasteiger partial charge is 0.273 e. The molecule has 0 spiro atoms. The van der Waals surface area contributed by atoms with Crippen LogP contribution in [0.15, 0.2) is 17.9 Å². The van der Waals surface area contributed by atoms with Gasteiger partial charge in [-0.1, -0.05) is 6.58 Å². The maximum absolute atomic E-state index is 10.6. The third-order valence-electron chi connectivity index (χ3n) is 1.21. The molecule has 0 N–H and O–H groups in total. The largest absolute Gasteiger partial charge is 0.276 e. The molecule has 0 aliphatic carbocycles. The molecule has 0 aromatic carbocycles. The average Bonchev–Trinajstić information content (AvgIpc) is 1.89. The zero-order valence-corrected chi connectivity index (χ0v) is 4.97. The van der Waals surface area contributed by atoms with Crippen molar-refractivity contribution in [2.24, 2.45) is 0 Å². The van der Waals surface area contributed by atoms with Gasteiger partial charge in [0.1, 0.15) is 5.57 Å². The molecular weight excluding hydrogens is 118 g/mol. The minimum atomic E-state index is -0.296. The zero-order valence-electron chi connectivity index (χ0n) is 4.97. The Morgan fingerprint density at radius 3 is 2.11 bits per heavy atom. The van der Waals surface area contributed by atoms with Crippen LogP contribution in [0.25, 0.3) is 0 Å². The Labute approximate surface area is 52.3 Å². The molecule has 0 aromatic rings. The molecule has 46 valence electrons. The summed E-state index contributed by atoms with van der Waals surface area (Å²) in [7, 11) is 1.42. The van der Waals surface area contributed by atoms with Crippen LogP contribution in [-0.4, -0.2) is 23.8 Å². The molecule has 0 atom stereocenters. The normalized spacial score (nSPS) is 17.4. The van der Waals surface area contributed by atoms with Crippen molar-refractivity contribution < 1.29 is 9.59 Å². The molecule has 1 saturated heterocycles. The summed E-state index contributed by atoms with van der Waals surface area (Å²) in [5, 5.41) is 0. The molecular formula is C6H5NO2. The molecule has 0 unspecified atom stereocenters. The van der Waals surface area contributed by atoms with Crippen molar-refractivity contribution >= 4 is 11.8 Å². The van der Waals surface area contributed by atoms with Crippen LogP contribution in [-0.2, 0) is 9.59 Å². The minimum absolute atomic E-state index is 0.0671. The van der Waals surface area contributed by atoms with E-state index in [-0.39, 0.29) is 17.4 Å². The highest BCUT2D eigenvalue weighted by molar-refractivity contribution is 6.33. The van der Waals surface area contributed by atoms with Crippen LogP contribution in [0.5, 0.6) is 0 Å². The SMILES string of the molecule is C=C=C1C(=O)N(C)C1=O. The standard InChI is InChI=1S/C6H5NO2/c1-3-4-5(8)7(2)6(4)9/h1H2,2H3. The molecule has 1 aliphatic heterocycles. The van der Waals surface area contributed by atoms with E-state index in [1.807, 2.05) is 0 Å². The number of carbonyl (C=O) groups excluding carboxylic acids is 2. The second-order valence-electron chi connectivity index (χ2n) is 1.72. The Bertz CT molecular complexity index is 217. The fraction of sp³-hybridized carbons (Fsp3) is 0.167. The first-order valence-corrected chi connectivity index (χ1v) is 2.41. The summed E-state index contributed by atoms with van der Waals surface area (Å²) in [4.78, 5) is 22.2. The van der Waals surface area contributed by atoms with Crippen LogP contribution in [0.2, 0.25) is 0 Å². The third kappa shape index (κ3) is 0.521.